The summed E-state index contributed by atoms with van der Waals surface area (Å²) >= 11 is 0. The predicted molar refractivity (Wildman–Crippen MR) is 80.7 cm³/mol. The van der Waals surface area contributed by atoms with Gasteiger partial charge in [-0.2, -0.15) is 4.99 Å². The van der Waals surface area contributed by atoms with E-state index in [4.69, 9.17) is 18.0 Å². The summed E-state index contributed by atoms with van der Waals surface area (Å²) in [5.74, 6) is -0.935. The van der Waals surface area contributed by atoms with Crippen LogP contribution in [0.5, 0.6) is 0 Å². The number of hydrogen-bond acceptors (Lipinski definition) is 6. The fraction of sp³-hybridized carbons (Fsp3) is 0.929. The summed E-state index contributed by atoms with van der Waals surface area (Å²) in [6.45, 7) is 9.25. The van der Waals surface area contributed by atoms with Crippen molar-refractivity contribution in [1.29, 1.82) is 0 Å². The molecule has 0 radical (unpaired) electrons. The molecule has 1 saturated heterocycles. The van der Waals surface area contributed by atoms with Gasteiger partial charge in [-0.05, 0) is 33.6 Å². The number of nitrogens with zero attached hydrogens (tertiary/aromatic N) is 1. The zero-order valence-electron chi connectivity index (χ0n) is 13.5. The maximum Gasteiger partial charge on any atom is 0.503 e. The van der Waals surface area contributed by atoms with Crippen LogP contribution >= 0.6 is 0 Å². The molecule has 0 N–H and O–H groups in total. The maximum atomic E-state index is 10.7. The Hall–Kier alpha value is -0.563. The standard InChI is InChI=1S/C14H27NO5Si/c1-5-13(15-12-16)14(17-6-2)10-9-11-21(20-14,18-7-3)19-8-4/h13H,5-11H2,1-4H3. The van der Waals surface area contributed by atoms with Crippen molar-refractivity contribution in [2.24, 2.45) is 4.99 Å². The number of hydrogen-bond donors (Lipinski definition) is 0. The topological polar surface area (TPSA) is 66.4 Å². The third-order valence-electron chi connectivity index (χ3n) is 3.56. The summed E-state index contributed by atoms with van der Waals surface area (Å²) in [6.07, 6.45) is 3.83. The largest absolute Gasteiger partial charge is 0.503 e. The van der Waals surface area contributed by atoms with Gasteiger partial charge >= 0.3 is 8.80 Å². The molecule has 0 bridgehead atoms. The summed E-state index contributed by atoms with van der Waals surface area (Å²) in [5.41, 5.74) is 0. The zero-order chi connectivity index (χ0) is 15.8. The Morgan fingerprint density at radius 1 is 1.24 bits per heavy atom. The van der Waals surface area contributed by atoms with Crippen molar-refractivity contribution < 1.29 is 22.8 Å². The molecule has 0 aromatic rings. The molecule has 2 atom stereocenters. The molecule has 122 valence electrons. The molecule has 1 heterocycles. The lowest BCUT2D eigenvalue weighted by molar-refractivity contribution is -0.233. The first kappa shape index (κ1) is 18.5. The van der Waals surface area contributed by atoms with Crippen LogP contribution in [0.3, 0.4) is 0 Å². The van der Waals surface area contributed by atoms with Crippen LogP contribution in [0.1, 0.15) is 47.0 Å². The van der Waals surface area contributed by atoms with Crippen LogP contribution in [-0.2, 0) is 22.8 Å². The van der Waals surface area contributed by atoms with E-state index in [1.807, 2.05) is 27.7 Å². The number of carbonyl (C=O) groups excluding carboxylic acids is 1. The third kappa shape index (κ3) is 4.45. The Morgan fingerprint density at radius 3 is 2.38 bits per heavy atom. The number of aliphatic imine (C=N–C) groups is 1. The second-order valence-corrected chi connectivity index (χ2v) is 7.54. The Labute approximate surface area is 128 Å². The lowest BCUT2D eigenvalue weighted by Crippen LogP contribution is -2.61. The van der Waals surface area contributed by atoms with Gasteiger partial charge in [-0.1, -0.05) is 6.92 Å². The molecular formula is C14H27NO5Si. The Balaban J connectivity index is 3.09. The van der Waals surface area contributed by atoms with Crippen molar-refractivity contribution in [1.82, 2.24) is 0 Å². The number of isocyanates is 1. The molecule has 0 spiro atoms. The lowest BCUT2D eigenvalue weighted by Gasteiger charge is -2.46. The van der Waals surface area contributed by atoms with Crippen molar-refractivity contribution in [2.45, 2.75) is 64.8 Å². The first-order valence-corrected chi connectivity index (χ1v) is 9.74. The molecule has 7 heteroatoms. The molecule has 0 aromatic heterocycles. The maximum absolute atomic E-state index is 10.7. The normalized spacial score (nSPS) is 26.1. The molecule has 0 aromatic carbocycles. The van der Waals surface area contributed by atoms with Crippen LogP contribution in [0.25, 0.3) is 0 Å². The van der Waals surface area contributed by atoms with Gasteiger partial charge in [-0.15, -0.1) is 0 Å². The highest BCUT2D eigenvalue weighted by atomic mass is 28.4. The van der Waals surface area contributed by atoms with Gasteiger partial charge in [-0.3, -0.25) is 0 Å². The molecule has 0 amide bonds. The van der Waals surface area contributed by atoms with Gasteiger partial charge in [0.2, 0.25) is 6.08 Å². The van der Waals surface area contributed by atoms with Crippen LogP contribution in [0.15, 0.2) is 4.99 Å². The molecule has 1 fully saturated rings. The van der Waals surface area contributed by atoms with Gasteiger partial charge in [0, 0.05) is 32.3 Å². The predicted octanol–water partition coefficient (Wildman–Crippen LogP) is 2.66. The van der Waals surface area contributed by atoms with E-state index >= 15 is 0 Å². The minimum absolute atomic E-state index is 0.386. The summed E-state index contributed by atoms with van der Waals surface area (Å²) in [7, 11) is -2.78. The summed E-state index contributed by atoms with van der Waals surface area (Å²) in [6, 6.07) is 0.383. The van der Waals surface area contributed by atoms with E-state index in [1.54, 1.807) is 6.08 Å². The third-order valence-corrected chi connectivity index (χ3v) is 6.64. The van der Waals surface area contributed by atoms with Gasteiger partial charge in [0.05, 0.1) is 0 Å². The lowest BCUT2D eigenvalue weighted by atomic mass is 10.00. The van der Waals surface area contributed by atoms with E-state index in [0.717, 1.165) is 12.5 Å². The second kappa shape index (κ2) is 8.78. The highest BCUT2D eigenvalue weighted by Gasteiger charge is 2.55. The zero-order valence-corrected chi connectivity index (χ0v) is 14.5. The van der Waals surface area contributed by atoms with Gasteiger partial charge in [0.25, 0.3) is 0 Å². The molecule has 0 aliphatic carbocycles. The fourth-order valence-corrected chi connectivity index (χ4v) is 5.75. The Kier molecular flexibility index (Phi) is 7.73. The summed E-state index contributed by atoms with van der Waals surface area (Å²) in [5, 5.41) is 0. The molecule has 0 saturated carbocycles. The van der Waals surface area contributed by atoms with Gasteiger partial charge in [-0.25, -0.2) is 4.79 Å². The molecule has 6 nitrogen and oxygen atoms in total. The van der Waals surface area contributed by atoms with Crippen LogP contribution in [0.4, 0.5) is 0 Å². The van der Waals surface area contributed by atoms with Crippen molar-refractivity contribution in [3.8, 4) is 0 Å². The molecule has 1 aliphatic rings. The summed E-state index contributed by atoms with van der Waals surface area (Å²) in [4.78, 5) is 14.6. The van der Waals surface area contributed by atoms with Crippen molar-refractivity contribution >= 4 is 14.9 Å². The first-order valence-electron chi connectivity index (χ1n) is 7.81. The molecule has 21 heavy (non-hydrogen) atoms. The smallest absolute Gasteiger partial charge is 0.374 e. The average Bonchev–Trinajstić information content (AvgIpc) is 2.45. The average molecular weight is 317 g/mol. The van der Waals surface area contributed by atoms with Crippen molar-refractivity contribution in [3.05, 3.63) is 0 Å². The van der Waals surface area contributed by atoms with E-state index < -0.39 is 14.6 Å². The minimum atomic E-state index is -2.78. The van der Waals surface area contributed by atoms with E-state index in [2.05, 4.69) is 4.99 Å². The number of rotatable bonds is 9. The Morgan fingerprint density at radius 2 is 1.90 bits per heavy atom. The highest BCUT2D eigenvalue weighted by Crippen LogP contribution is 2.40. The van der Waals surface area contributed by atoms with E-state index in [0.29, 0.717) is 32.7 Å². The molecular weight excluding hydrogens is 290 g/mol. The quantitative estimate of drug-likeness (QED) is 0.371. The van der Waals surface area contributed by atoms with Crippen molar-refractivity contribution in [3.63, 3.8) is 0 Å². The van der Waals surface area contributed by atoms with E-state index in [1.165, 1.54) is 0 Å². The highest BCUT2D eigenvalue weighted by molar-refractivity contribution is 6.61. The molecule has 1 aliphatic heterocycles. The molecule has 1 rings (SSSR count). The first-order chi connectivity index (χ1) is 10.1. The Bertz CT molecular complexity index is 346. The second-order valence-electron chi connectivity index (χ2n) is 4.89. The van der Waals surface area contributed by atoms with Crippen LogP contribution in [-0.4, -0.2) is 46.5 Å². The fourth-order valence-electron chi connectivity index (χ4n) is 2.84. The van der Waals surface area contributed by atoms with Crippen LogP contribution in [0, 0.1) is 0 Å². The van der Waals surface area contributed by atoms with Crippen LogP contribution < -0.4 is 0 Å². The van der Waals surface area contributed by atoms with Crippen molar-refractivity contribution in [2.75, 3.05) is 19.8 Å². The monoisotopic (exact) mass is 317 g/mol. The SMILES string of the molecule is CCOC1(C(CC)N=C=O)CCC[Si](OCC)(OCC)O1. The van der Waals surface area contributed by atoms with Crippen LogP contribution in [0.2, 0.25) is 6.04 Å². The van der Waals surface area contributed by atoms with Gasteiger partial charge in [0.15, 0.2) is 5.79 Å². The van der Waals surface area contributed by atoms with Gasteiger partial charge in [0.1, 0.15) is 6.04 Å². The minimum Gasteiger partial charge on any atom is -0.374 e. The van der Waals surface area contributed by atoms with E-state index in [9.17, 15) is 4.79 Å². The van der Waals surface area contributed by atoms with E-state index in [-0.39, 0.29) is 6.04 Å². The molecule has 2 unspecified atom stereocenters. The van der Waals surface area contributed by atoms with Gasteiger partial charge < -0.3 is 18.0 Å². The number of ether oxygens (including phenoxy) is 1. The summed E-state index contributed by atoms with van der Waals surface area (Å²) < 4.78 is 23.9.